The lowest BCUT2D eigenvalue weighted by Gasteiger charge is -2.18. The van der Waals surface area contributed by atoms with Gasteiger partial charge in [-0.25, -0.2) is 9.59 Å². The number of rotatable bonds is 8. The summed E-state index contributed by atoms with van der Waals surface area (Å²) < 4.78 is 20.1. The van der Waals surface area contributed by atoms with Crippen molar-refractivity contribution in [3.8, 4) is 11.5 Å². The highest BCUT2D eigenvalue weighted by Gasteiger charge is 2.20. The maximum atomic E-state index is 12.4. The molecule has 2 amide bonds. The highest BCUT2D eigenvalue weighted by molar-refractivity contribution is 6.01. The predicted octanol–water partition coefficient (Wildman–Crippen LogP) is 2.38. The fraction of sp³-hybridized carbons (Fsp3) is 0.286. The van der Waals surface area contributed by atoms with Gasteiger partial charge in [-0.1, -0.05) is 18.2 Å². The summed E-state index contributed by atoms with van der Waals surface area (Å²) >= 11 is 0. The fourth-order valence-corrected chi connectivity index (χ4v) is 2.63. The number of esters is 1. The molecule has 0 saturated heterocycles. The normalized spacial score (nSPS) is 10.0. The van der Waals surface area contributed by atoms with Crippen LogP contribution >= 0.6 is 0 Å². The summed E-state index contributed by atoms with van der Waals surface area (Å²) in [6.45, 7) is -0.249. The van der Waals surface area contributed by atoms with Crippen LogP contribution in [0.1, 0.15) is 15.9 Å². The van der Waals surface area contributed by atoms with Gasteiger partial charge in [0.1, 0.15) is 0 Å². The summed E-state index contributed by atoms with van der Waals surface area (Å²) in [4.78, 5) is 37.4. The number of amides is 2. The molecule has 2 aromatic carbocycles. The molecule has 0 fully saturated rings. The summed E-state index contributed by atoms with van der Waals surface area (Å²) in [6.07, 6.45) is -0.636. The van der Waals surface area contributed by atoms with Crippen molar-refractivity contribution in [2.45, 2.75) is 6.54 Å². The van der Waals surface area contributed by atoms with E-state index in [1.54, 1.807) is 36.4 Å². The van der Waals surface area contributed by atoms with Gasteiger partial charge in [0.2, 0.25) is 0 Å². The highest BCUT2D eigenvalue weighted by Crippen LogP contribution is 2.27. The highest BCUT2D eigenvalue weighted by atomic mass is 16.5. The van der Waals surface area contributed by atoms with Crippen molar-refractivity contribution in [2.24, 2.45) is 0 Å². The first-order valence-electron chi connectivity index (χ1n) is 8.96. The van der Waals surface area contributed by atoms with E-state index in [9.17, 15) is 14.4 Å². The molecule has 0 unspecified atom stereocenters. The van der Waals surface area contributed by atoms with Gasteiger partial charge >= 0.3 is 12.1 Å². The van der Waals surface area contributed by atoms with Gasteiger partial charge in [-0.15, -0.1) is 0 Å². The summed E-state index contributed by atoms with van der Waals surface area (Å²) in [6, 6.07) is 11.6. The van der Waals surface area contributed by atoms with Crippen molar-refractivity contribution in [2.75, 3.05) is 39.9 Å². The van der Waals surface area contributed by atoms with Crippen LogP contribution in [0, 0.1) is 0 Å². The van der Waals surface area contributed by atoms with Crippen LogP contribution in [0.15, 0.2) is 42.5 Å². The van der Waals surface area contributed by atoms with Gasteiger partial charge in [-0.05, 0) is 29.8 Å². The molecule has 0 radical (unpaired) electrons. The third kappa shape index (κ3) is 5.63. The maximum Gasteiger partial charge on any atom is 0.413 e. The van der Waals surface area contributed by atoms with Gasteiger partial charge in [0.15, 0.2) is 18.1 Å². The second-order valence-corrected chi connectivity index (χ2v) is 6.09. The number of carbonyl (C=O) groups excluding carboxylic acids is 3. The number of nitrogens with zero attached hydrogens (tertiary/aromatic N) is 1. The predicted molar refractivity (Wildman–Crippen MR) is 109 cm³/mol. The number of carbonyl (C=O) groups is 3. The smallest absolute Gasteiger partial charge is 0.413 e. The first-order chi connectivity index (χ1) is 14.4. The van der Waals surface area contributed by atoms with Crippen molar-refractivity contribution in [1.29, 1.82) is 0 Å². The molecule has 0 aliphatic carbocycles. The van der Waals surface area contributed by atoms with E-state index in [0.717, 1.165) is 5.56 Å². The summed E-state index contributed by atoms with van der Waals surface area (Å²) in [7, 11) is 5.76. The molecule has 0 aliphatic rings. The summed E-state index contributed by atoms with van der Waals surface area (Å²) in [5.74, 6) is -0.0846. The first kappa shape index (κ1) is 22.5. The van der Waals surface area contributed by atoms with E-state index in [4.69, 9.17) is 14.2 Å². The molecule has 0 atom stereocenters. The number of nitrogens with one attached hydrogen (secondary N) is 1. The van der Waals surface area contributed by atoms with E-state index in [1.165, 1.54) is 39.3 Å². The first-order valence-corrected chi connectivity index (χ1v) is 8.96. The molecule has 9 heteroatoms. The zero-order valence-electron chi connectivity index (χ0n) is 17.3. The van der Waals surface area contributed by atoms with E-state index in [0.29, 0.717) is 17.2 Å². The molecular weight excluding hydrogens is 392 g/mol. The molecule has 0 bridgehead atoms. The van der Waals surface area contributed by atoms with E-state index < -0.39 is 24.6 Å². The van der Waals surface area contributed by atoms with Crippen molar-refractivity contribution in [1.82, 2.24) is 5.32 Å². The number of hydrogen-bond acceptors (Lipinski definition) is 7. The zero-order valence-corrected chi connectivity index (χ0v) is 17.3. The molecule has 0 aliphatic heterocycles. The number of para-hydroxylation sites is 1. The zero-order chi connectivity index (χ0) is 22.1. The van der Waals surface area contributed by atoms with Crippen LogP contribution in [0.2, 0.25) is 0 Å². The Balaban J connectivity index is 1.94. The third-order valence-electron chi connectivity index (χ3n) is 4.21. The van der Waals surface area contributed by atoms with Crippen molar-refractivity contribution in [3.63, 3.8) is 0 Å². The number of ether oxygens (including phenoxy) is 4. The van der Waals surface area contributed by atoms with E-state index in [1.807, 2.05) is 0 Å². The molecule has 2 aromatic rings. The molecule has 0 saturated carbocycles. The Morgan fingerprint density at radius 1 is 0.967 bits per heavy atom. The van der Waals surface area contributed by atoms with Crippen molar-refractivity contribution in [3.05, 3.63) is 53.6 Å². The van der Waals surface area contributed by atoms with Crippen LogP contribution < -0.4 is 19.7 Å². The minimum atomic E-state index is -0.734. The Kier molecular flexibility index (Phi) is 8.04. The lowest BCUT2D eigenvalue weighted by atomic mass is 10.1. The Labute approximate surface area is 174 Å². The molecule has 0 aromatic heterocycles. The quantitative estimate of drug-likeness (QED) is 0.659. The SMILES string of the molecule is COC(=O)N(C)c1ccccc1C(=O)OCC(=O)NCc1ccc(OC)c(OC)c1. The van der Waals surface area contributed by atoms with Crippen LogP contribution in [-0.2, 0) is 20.8 Å². The molecule has 0 heterocycles. The van der Waals surface area contributed by atoms with Gasteiger partial charge in [0.25, 0.3) is 5.91 Å². The molecule has 160 valence electrons. The number of anilines is 1. The monoisotopic (exact) mass is 416 g/mol. The number of benzene rings is 2. The Hall–Kier alpha value is -3.75. The van der Waals surface area contributed by atoms with Gasteiger partial charge in [-0.3, -0.25) is 9.69 Å². The largest absolute Gasteiger partial charge is 0.493 e. The van der Waals surface area contributed by atoms with Gasteiger partial charge < -0.3 is 24.3 Å². The average molecular weight is 416 g/mol. The molecule has 30 heavy (non-hydrogen) atoms. The van der Waals surface area contributed by atoms with Gasteiger partial charge in [0.05, 0.1) is 32.6 Å². The van der Waals surface area contributed by atoms with Crippen molar-refractivity contribution >= 4 is 23.7 Å². The van der Waals surface area contributed by atoms with Crippen LogP contribution in [0.5, 0.6) is 11.5 Å². The van der Waals surface area contributed by atoms with Crippen LogP contribution in [-0.4, -0.2) is 53.0 Å². The Morgan fingerprint density at radius 2 is 1.67 bits per heavy atom. The second-order valence-electron chi connectivity index (χ2n) is 6.09. The van der Waals surface area contributed by atoms with E-state index in [-0.39, 0.29) is 12.1 Å². The van der Waals surface area contributed by atoms with Gasteiger partial charge in [-0.2, -0.15) is 0 Å². The summed E-state index contributed by atoms with van der Waals surface area (Å²) in [5, 5.41) is 2.66. The van der Waals surface area contributed by atoms with Crippen LogP contribution in [0.3, 0.4) is 0 Å². The summed E-state index contributed by atoms with van der Waals surface area (Å²) in [5.41, 5.74) is 1.23. The lowest BCUT2D eigenvalue weighted by Crippen LogP contribution is -2.30. The minimum Gasteiger partial charge on any atom is -0.493 e. The van der Waals surface area contributed by atoms with Crippen molar-refractivity contribution < 1.29 is 33.3 Å². The fourth-order valence-electron chi connectivity index (χ4n) is 2.63. The minimum absolute atomic E-state index is 0.137. The lowest BCUT2D eigenvalue weighted by molar-refractivity contribution is -0.124. The van der Waals surface area contributed by atoms with Gasteiger partial charge in [0, 0.05) is 13.6 Å². The molecule has 2 rings (SSSR count). The standard InChI is InChI=1S/C21H24N2O7/c1-23(21(26)29-4)16-8-6-5-7-15(16)20(25)30-13-19(24)22-12-14-9-10-17(27-2)18(11-14)28-3/h5-11H,12-13H2,1-4H3,(H,22,24). The topological polar surface area (TPSA) is 103 Å². The number of methoxy groups -OCH3 is 3. The van der Waals surface area contributed by atoms with E-state index in [2.05, 4.69) is 10.1 Å². The Bertz CT molecular complexity index is 914. The average Bonchev–Trinajstić information content (AvgIpc) is 2.79. The molecule has 9 nitrogen and oxygen atoms in total. The molecule has 1 N–H and O–H groups in total. The second kappa shape index (κ2) is 10.7. The molecular formula is C21H24N2O7. The molecule has 0 spiro atoms. The van der Waals surface area contributed by atoms with Crippen LogP contribution in [0.25, 0.3) is 0 Å². The Morgan fingerprint density at radius 3 is 2.33 bits per heavy atom. The van der Waals surface area contributed by atoms with Crippen LogP contribution in [0.4, 0.5) is 10.5 Å². The van der Waals surface area contributed by atoms with E-state index >= 15 is 0 Å². The number of hydrogen-bond donors (Lipinski definition) is 1. The third-order valence-corrected chi connectivity index (χ3v) is 4.21. The maximum absolute atomic E-state index is 12.4.